The normalized spacial score (nSPS) is 9.47. The van der Waals surface area contributed by atoms with Crippen molar-refractivity contribution in [3.63, 3.8) is 0 Å². The molecule has 1 rings (SSSR count). The van der Waals surface area contributed by atoms with Crippen LogP contribution in [-0.4, -0.2) is 37.2 Å². The smallest absolute Gasteiger partial charge is 0.339 e. The van der Waals surface area contributed by atoms with E-state index >= 15 is 0 Å². The SMILES string of the molecule is C#CCOC(=O)c1cccc(N(C)CCC(=O)O)c1. The van der Waals surface area contributed by atoms with Gasteiger partial charge in [0.2, 0.25) is 0 Å². The summed E-state index contributed by atoms with van der Waals surface area (Å²) in [6.07, 6.45) is 5.04. The molecule has 0 heterocycles. The average Bonchev–Trinajstić information content (AvgIpc) is 2.42. The molecule has 0 spiro atoms. The molecule has 5 heteroatoms. The Morgan fingerprint density at radius 3 is 2.84 bits per heavy atom. The molecule has 100 valence electrons. The van der Waals surface area contributed by atoms with Crippen LogP contribution in [0.25, 0.3) is 0 Å². The van der Waals surface area contributed by atoms with Gasteiger partial charge in [-0.3, -0.25) is 4.79 Å². The molecule has 0 aliphatic carbocycles. The lowest BCUT2D eigenvalue weighted by atomic mass is 10.2. The van der Waals surface area contributed by atoms with E-state index in [1.807, 2.05) is 0 Å². The Morgan fingerprint density at radius 2 is 2.21 bits per heavy atom. The van der Waals surface area contributed by atoms with Crippen molar-refractivity contribution in [1.82, 2.24) is 0 Å². The Bertz CT molecular complexity index is 504. The minimum absolute atomic E-state index is 0.0300. The minimum Gasteiger partial charge on any atom is -0.481 e. The number of hydrogen-bond donors (Lipinski definition) is 1. The zero-order valence-corrected chi connectivity index (χ0v) is 10.6. The molecule has 5 nitrogen and oxygen atoms in total. The first-order valence-electron chi connectivity index (χ1n) is 5.68. The van der Waals surface area contributed by atoms with E-state index in [2.05, 4.69) is 5.92 Å². The van der Waals surface area contributed by atoms with Crippen molar-refractivity contribution in [2.24, 2.45) is 0 Å². The van der Waals surface area contributed by atoms with Crippen LogP contribution in [0.2, 0.25) is 0 Å². The molecule has 1 aromatic carbocycles. The highest BCUT2D eigenvalue weighted by atomic mass is 16.5. The van der Waals surface area contributed by atoms with E-state index in [-0.39, 0.29) is 13.0 Å². The predicted molar refractivity (Wildman–Crippen MR) is 71.1 cm³/mol. The van der Waals surface area contributed by atoms with Crippen LogP contribution in [-0.2, 0) is 9.53 Å². The average molecular weight is 261 g/mol. The second-order valence-electron chi connectivity index (χ2n) is 3.90. The van der Waals surface area contributed by atoms with E-state index in [4.69, 9.17) is 16.3 Å². The molecule has 0 fully saturated rings. The van der Waals surface area contributed by atoms with Crippen LogP contribution < -0.4 is 4.90 Å². The van der Waals surface area contributed by atoms with Crippen LogP contribution in [0.4, 0.5) is 5.69 Å². The third-order valence-corrected chi connectivity index (χ3v) is 2.47. The summed E-state index contributed by atoms with van der Waals surface area (Å²) in [6, 6.07) is 6.76. The molecular weight excluding hydrogens is 246 g/mol. The third-order valence-electron chi connectivity index (χ3n) is 2.47. The van der Waals surface area contributed by atoms with Gasteiger partial charge in [-0.15, -0.1) is 6.42 Å². The van der Waals surface area contributed by atoms with Crippen LogP contribution >= 0.6 is 0 Å². The van der Waals surface area contributed by atoms with Gasteiger partial charge in [-0.2, -0.15) is 0 Å². The fourth-order valence-electron chi connectivity index (χ4n) is 1.45. The van der Waals surface area contributed by atoms with Crippen molar-refractivity contribution in [2.45, 2.75) is 6.42 Å². The Morgan fingerprint density at radius 1 is 1.47 bits per heavy atom. The Balaban J connectivity index is 2.73. The maximum absolute atomic E-state index is 11.6. The number of carboxylic acids is 1. The van der Waals surface area contributed by atoms with Gasteiger partial charge in [0.25, 0.3) is 0 Å². The number of rotatable bonds is 6. The first kappa shape index (κ1) is 14.6. The van der Waals surface area contributed by atoms with Crippen LogP contribution in [0.5, 0.6) is 0 Å². The van der Waals surface area contributed by atoms with Gasteiger partial charge in [0, 0.05) is 19.3 Å². The van der Waals surface area contributed by atoms with Crippen molar-refractivity contribution < 1.29 is 19.4 Å². The summed E-state index contributed by atoms with van der Waals surface area (Å²) in [7, 11) is 1.76. The number of nitrogens with zero attached hydrogens (tertiary/aromatic N) is 1. The highest BCUT2D eigenvalue weighted by Crippen LogP contribution is 2.15. The lowest BCUT2D eigenvalue weighted by Crippen LogP contribution is -2.21. The number of anilines is 1. The number of esters is 1. The van der Waals surface area contributed by atoms with E-state index in [1.54, 1.807) is 36.2 Å². The number of carbonyl (C=O) groups excluding carboxylic acids is 1. The van der Waals surface area contributed by atoms with Gasteiger partial charge in [-0.05, 0) is 18.2 Å². The molecule has 0 aromatic heterocycles. The fraction of sp³-hybridized carbons (Fsp3) is 0.286. The number of ether oxygens (including phenoxy) is 1. The molecule has 0 saturated heterocycles. The van der Waals surface area contributed by atoms with Gasteiger partial charge in [0.15, 0.2) is 6.61 Å². The molecule has 1 N–H and O–H groups in total. The molecule has 0 saturated carbocycles. The molecule has 0 amide bonds. The highest BCUT2D eigenvalue weighted by Gasteiger charge is 2.09. The van der Waals surface area contributed by atoms with Gasteiger partial charge in [-0.1, -0.05) is 12.0 Å². The largest absolute Gasteiger partial charge is 0.481 e. The van der Waals surface area contributed by atoms with Gasteiger partial charge in [0.1, 0.15) is 0 Å². The van der Waals surface area contributed by atoms with E-state index in [9.17, 15) is 9.59 Å². The van der Waals surface area contributed by atoms with Crippen LogP contribution in [0, 0.1) is 12.3 Å². The summed E-state index contributed by atoms with van der Waals surface area (Å²) in [4.78, 5) is 23.9. The third kappa shape index (κ3) is 4.72. The highest BCUT2D eigenvalue weighted by molar-refractivity contribution is 5.90. The Labute approximate surface area is 111 Å². The van der Waals surface area contributed by atoms with E-state index in [0.29, 0.717) is 12.1 Å². The second kappa shape index (κ2) is 7.07. The molecule has 0 atom stereocenters. The van der Waals surface area contributed by atoms with Crippen molar-refractivity contribution in [2.75, 3.05) is 25.1 Å². The first-order valence-corrected chi connectivity index (χ1v) is 5.68. The van der Waals surface area contributed by atoms with Crippen molar-refractivity contribution >= 4 is 17.6 Å². The quantitative estimate of drug-likeness (QED) is 0.619. The summed E-state index contributed by atoms with van der Waals surface area (Å²) in [5, 5.41) is 8.63. The zero-order valence-electron chi connectivity index (χ0n) is 10.6. The van der Waals surface area contributed by atoms with Crippen LogP contribution in [0.15, 0.2) is 24.3 Å². The maximum atomic E-state index is 11.6. The zero-order chi connectivity index (χ0) is 14.3. The standard InChI is InChI=1S/C14H15NO4/c1-3-9-19-14(18)11-5-4-6-12(10-11)15(2)8-7-13(16)17/h1,4-6,10H,7-9H2,2H3,(H,16,17). The van der Waals surface area contributed by atoms with Crippen LogP contribution in [0.3, 0.4) is 0 Å². The number of carbonyl (C=O) groups is 2. The van der Waals surface area contributed by atoms with Gasteiger partial charge in [0.05, 0.1) is 12.0 Å². The monoisotopic (exact) mass is 261 g/mol. The molecule has 0 unspecified atom stereocenters. The van der Waals surface area contributed by atoms with Gasteiger partial charge < -0.3 is 14.7 Å². The Hall–Kier alpha value is -2.48. The van der Waals surface area contributed by atoms with Gasteiger partial charge in [-0.25, -0.2) is 4.79 Å². The Kier molecular flexibility index (Phi) is 5.42. The molecule has 0 radical (unpaired) electrons. The summed E-state index contributed by atoms with van der Waals surface area (Å²) < 4.78 is 4.82. The van der Waals surface area contributed by atoms with Crippen molar-refractivity contribution in [1.29, 1.82) is 0 Å². The molecular formula is C14H15NO4. The summed E-state index contributed by atoms with van der Waals surface area (Å²) in [5.74, 6) is 0.861. The number of hydrogen-bond acceptors (Lipinski definition) is 4. The van der Waals surface area contributed by atoms with Crippen molar-refractivity contribution in [3.8, 4) is 12.3 Å². The van der Waals surface area contributed by atoms with E-state index in [1.165, 1.54) is 0 Å². The lowest BCUT2D eigenvalue weighted by Gasteiger charge is -2.18. The number of aliphatic carboxylic acids is 1. The number of terminal acetylenes is 1. The van der Waals surface area contributed by atoms with Crippen LogP contribution in [0.1, 0.15) is 16.8 Å². The maximum Gasteiger partial charge on any atom is 0.339 e. The summed E-state index contributed by atoms with van der Waals surface area (Å²) >= 11 is 0. The predicted octanol–water partition coefficient (Wildman–Crippen LogP) is 1.39. The second-order valence-corrected chi connectivity index (χ2v) is 3.90. The van der Waals surface area contributed by atoms with E-state index < -0.39 is 11.9 Å². The fourth-order valence-corrected chi connectivity index (χ4v) is 1.45. The summed E-state index contributed by atoms with van der Waals surface area (Å²) in [6.45, 7) is 0.288. The number of carboxylic acid groups (broad SMARTS) is 1. The molecule has 0 aliphatic rings. The molecule has 0 aliphatic heterocycles. The molecule has 0 bridgehead atoms. The van der Waals surface area contributed by atoms with E-state index in [0.717, 1.165) is 5.69 Å². The minimum atomic E-state index is -0.864. The molecule has 19 heavy (non-hydrogen) atoms. The molecule has 1 aromatic rings. The van der Waals surface area contributed by atoms with Gasteiger partial charge >= 0.3 is 11.9 Å². The first-order chi connectivity index (χ1) is 9.04. The van der Waals surface area contributed by atoms with Crippen molar-refractivity contribution in [3.05, 3.63) is 29.8 Å². The summed E-state index contributed by atoms with van der Waals surface area (Å²) in [5.41, 5.74) is 1.13. The number of benzene rings is 1. The lowest BCUT2D eigenvalue weighted by molar-refractivity contribution is -0.136. The topological polar surface area (TPSA) is 66.8 Å².